The lowest BCUT2D eigenvalue weighted by Crippen LogP contribution is -2.45. The summed E-state index contributed by atoms with van der Waals surface area (Å²) in [5.41, 5.74) is 1.23. The molecule has 2 unspecified atom stereocenters. The Morgan fingerprint density at radius 3 is 2.90 bits per heavy atom. The third-order valence-corrected chi connectivity index (χ3v) is 5.09. The highest BCUT2D eigenvalue weighted by atomic mass is 16.5. The minimum atomic E-state index is 0.150. The van der Waals surface area contributed by atoms with E-state index in [4.69, 9.17) is 4.74 Å². The largest absolute Gasteiger partial charge is 0.375 e. The van der Waals surface area contributed by atoms with Gasteiger partial charge >= 0.3 is 0 Å². The van der Waals surface area contributed by atoms with Gasteiger partial charge in [-0.1, -0.05) is 26.2 Å². The van der Waals surface area contributed by atoms with E-state index in [1.165, 1.54) is 38.5 Å². The zero-order valence-electron chi connectivity index (χ0n) is 13.1. The fourth-order valence-electron chi connectivity index (χ4n) is 4.10. The van der Waals surface area contributed by atoms with Gasteiger partial charge in [-0.15, -0.1) is 0 Å². The Morgan fingerprint density at radius 2 is 2.19 bits per heavy atom. The van der Waals surface area contributed by atoms with Gasteiger partial charge in [0.25, 0.3) is 0 Å². The summed E-state index contributed by atoms with van der Waals surface area (Å²) >= 11 is 0. The van der Waals surface area contributed by atoms with Crippen LogP contribution in [0.4, 0.5) is 0 Å². The molecule has 1 spiro atoms. The van der Waals surface area contributed by atoms with Gasteiger partial charge in [0.2, 0.25) is 0 Å². The number of rotatable bonds is 4. The third kappa shape index (κ3) is 3.43. The van der Waals surface area contributed by atoms with Gasteiger partial charge in [0.05, 0.1) is 17.3 Å². The summed E-state index contributed by atoms with van der Waals surface area (Å²) in [4.78, 5) is 8.79. The number of hydrogen-bond donors (Lipinski definition) is 1. The van der Waals surface area contributed by atoms with Crippen molar-refractivity contribution in [2.24, 2.45) is 5.92 Å². The highest BCUT2D eigenvalue weighted by Gasteiger charge is 2.41. The van der Waals surface area contributed by atoms with Crippen molar-refractivity contribution in [2.75, 3.05) is 13.2 Å². The minimum Gasteiger partial charge on any atom is -0.375 e. The lowest BCUT2D eigenvalue weighted by atomic mass is 9.73. The molecule has 2 aliphatic rings. The second-order valence-electron chi connectivity index (χ2n) is 6.51. The van der Waals surface area contributed by atoms with Crippen LogP contribution in [-0.4, -0.2) is 28.7 Å². The summed E-state index contributed by atoms with van der Waals surface area (Å²) in [5.74, 6) is 0.605. The van der Waals surface area contributed by atoms with Gasteiger partial charge in [0.1, 0.15) is 0 Å². The van der Waals surface area contributed by atoms with Crippen LogP contribution in [0.25, 0.3) is 0 Å². The Morgan fingerprint density at radius 1 is 1.33 bits per heavy atom. The molecule has 1 N–H and O–H groups in total. The van der Waals surface area contributed by atoms with Crippen LogP contribution in [0.1, 0.15) is 63.6 Å². The van der Waals surface area contributed by atoms with E-state index in [0.717, 1.165) is 25.3 Å². The molecule has 0 bridgehead atoms. The van der Waals surface area contributed by atoms with E-state index in [9.17, 15) is 0 Å². The summed E-state index contributed by atoms with van der Waals surface area (Å²) in [6, 6.07) is 0.311. The van der Waals surface area contributed by atoms with Gasteiger partial charge in [0.15, 0.2) is 0 Å². The van der Waals surface area contributed by atoms with E-state index in [1.807, 2.05) is 6.20 Å². The van der Waals surface area contributed by atoms with Crippen LogP contribution in [0, 0.1) is 5.92 Å². The van der Waals surface area contributed by atoms with E-state index < -0.39 is 0 Å². The average Bonchev–Trinajstić information content (AvgIpc) is 2.54. The molecule has 1 aromatic rings. The summed E-state index contributed by atoms with van der Waals surface area (Å²) in [7, 11) is 0. The van der Waals surface area contributed by atoms with Crippen molar-refractivity contribution in [3.63, 3.8) is 0 Å². The quantitative estimate of drug-likeness (QED) is 0.924. The SMILES string of the molecule is CCNC(c1cnccn1)C1CCOC2(CCCCC2)C1. The van der Waals surface area contributed by atoms with Crippen molar-refractivity contribution in [2.45, 2.75) is 63.5 Å². The number of hydrogen-bond acceptors (Lipinski definition) is 4. The van der Waals surface area contributed by atoms with Crippen molar-refractivity contribution in [3.8, 4) is 0 Å². The molecule has 3 rings (SSSR count). The van der Waals surface area contributed by atoms with Crippen molar-refractivity contribution in [3.05, 3.63) is 24.3 Å². The second-order valence-corrected chi connectivity index (χ2v) is 6.51. The van der Waals surface area contributed by atoms with Crippen molar-refractivity contribution < 1.29 is 4.74 Å². The van der Waals surface area contributed by atoms with Crippen LogP contribution in [-0.2, 0) is 4.74 Å². The standard InChI is InChI=1S/C17H27N3O/c1-2-19-16(15-13-18-9-10-20-15)14-6-11-21-17(12-14)7-4-3-5-8-17/h9-10,13-14,16,19H,2-8,11-12H2,1H3. The molecular weight excluding hydrogens is 262 g/mol. The topological polar surface area (TPSA) is 47.0 Å². The van der Waals surface area contributed by atoms with Crippen LogP contribution < -0.4 is 5.32 Å². The van der Waals surface area contributed by atoms with Crippen molar-refractivity contribution in [1.29, 1.82) is 0 Å². The zero-order valence-corrected chi connectivity index (χ0v) is 13.1. The molecule has 2 heterocycles. The molecule has 1 aromatic heterocycles. The number of aromatic nitrogens is 2. The van der Waals surface area contributed by atoms with Gasteiger partial charge in [-0.2, -0.15) is 0 Å². The highest BCUT2D eigenvalue weighted by Crippen LogP contribution is 2.43. The first-order chi connectivity index (χ1) is 10.3. The molecule has 0 radical (unpaired) electrons. The van der Waals surface area contributed by atoms with Gasteiger partial charge in [-0.3, -0.25) is 9.97 Å². The Bertz CT molecular complexity index is 425. The van der Waals surface area contributed by atoms with Crippen LogP contribution in [0.15, 0.2) is 18.6 Å². The molecule has 0 aromatic carbocycles. The number of nitrogens with one attached hydrogen (secondary N) is 1. The predicted octanol–water partition coefficient (Wildman–Crippen LogP) is 3.26. The Hall–Kier alpha value is -1.00. The van der Waals surface area contributed by atoms with Gasteiger partial charge < -0.3 is 10.1 Å². The van der Waals surface area contributed by atoms with Crippen LogP contribution in [0.3, 0.4) is 0 Å². The van der Waals surface area contributed by atoms with Crippen molar-refractivity contribution in [1.82, 2.24) is 15.3 Å². The second kappa shape index (κ2) is 6.84. The summed E-state index contributed by atoms with van der Waals surface area (Å²) in [6.45, 7) is 4.03. The molecule has 1 saturated heterocycles. The van der Waals surface area contributed by atoms with Crippen molar-refractivity contribution >= 4 is 0 Å². The number of ether oxygens (including phenoxy) is 1. The normalized spacial score (nSPS) is 26.6. The lowest BCUT2D eigenvalue weighted by Gasteiger charge is -2.45. The maximum absolute atomic E-state index is 6.24. The monoisotopic (exact) mass is 289 g/mol. The molecule has 2 atom stereocenters. The molecule has 4 heteroatoms. The van der Waals surface area contributed by atoms with E-state index in [-0.39, 0.29) is 5.60 Å². The highest BCUT2D eigenvalue weighted by molar-refractivity contribution is 5.06. The van der Waals surface area contributed by atoms with E-state index in [0.29, 0.717) is 12.0 Å². The fraction of sp³-hybridized carbons (Fsp3) is 0.765. The zero-order chi connectivity index (χ0) is 14.5. The Labute approximate surface area is 127 Å². The maximum Gasteiger partial charge on any atom is 0.0758 e. The smallest absolute Gasteiger partial charge is 0.0758 e. The molecule has 1 aliphatic heterocycles. The minimum absolute atomic E-state index is 0.150. The molecular formula is C17H27N3O. The van der Waals surface area contributed by atoms with Gasteiger partial charge in [-0.25, -0.2) is 0 Å². The summed E-state index contributed by atoms with van der Waals surface area (Å²) in [6.07, 6.45) is 14.2. The first-order valence-corrected chi connectivity index (χ1v) is 8.46. The summed E-state index contributed by atoms with van der Waals surface area (Å²) < 4.78 is 6.24. The van der Waals surface area contributed by atoms with Crippen LogP contribution in [0.2, 0.25) is 0 Å². The maximum atomic E-state index is 6.24. The average molecular weight is 289 g/mol. The molecule has 21 heavy (non-hydrogen) atoms. The van der Waals surface area contributed by atoms with E-state index >= 15 is 0 Å². The Kier molecular flexibility index (Phi) is 4.86. The van der Waals surface area contributed by atoms with Gasteiger partial charge in [-0.05, 0) is 38.1 Å². The molecule has 4 nitrogen and oxygen atoms in total. The molecule has 1 saturated carbocycles. The Balaban J connectivity index is 1.76. The first kappa shape index (κ1) is 14.9. The van der Waals surface area contributed by atoms with Crippen LogP contribution >= 0.6 is 0 Å². The third-order valence-electron chi connectivity index (χ3n) is 5.09. The molecule has 1 aliphatic carbocycles. The predicted molar refractivity (Wildman–Crippen MR) is 82.9 cm³/mol. The fourth-order valence-corrected chi connectivity index (χ4v) is 4.10. The summed E-state index contributed by atoms with van der Waals surface area (Å²) in [5, 5.41) is 3.63. The van der Waals surface area contributed by atoms with E-state index in [1.54, 1.807) is 12.4 Å². The van der Waals surface area contributed by atoms with Crippen LogP contribution in [0.5, 0.6) is 0 Å². The van der Waals surface area contributed by atoms with E-state index in [2.05, 4.69) is 22.2 Å². The molecule has 116 valence electrons. The number of nitrogens with zero attached hydrogens (tertiary/aromatic N) is 2. The lowest BCUT2D eigenvalue weighted by molar-refractivity contribution is -0.122. The first-order valence-electron chi connectivity index (χ1n) is 8.46. The molecule has 0 amide bonds. The van der Waals surface area contributed by atoms with Gasteiger partial charge in [0, 0.05) is 25.2 Å². The molecule has 2 fully saturated rings.